The number of ether oxygens (including phenoxy) is 1. The Morgan fingerprint density at radius 1 is 1.00 bits per heavy atom. The van der Waals surface area contributed by atoms with E-state index in [4.69, 9.17) is 4.74 Å². The number of aryl methyl sites for hydroxylation is 1. The highest BCUT2D eigenvalue weighted by Gasteiger charge is 2.25. The van der Waals surface area contributed by atoms with Gasteiger partial charge in [-0.15, -0.1) is 0 Å². The molecule has 0 aliphatic carbocycles. The first kappa shape index (κ1) is 20.1. The van der Waals surface area contributed by atoms with Crippen LogP contribution in [0.1, 0.15) is 32.3 Å². The molecule has 26 heavy (non-hydrogen) atoms. The van der Waals surface area contributed by atoms with Gasteiger partial charge in [-0.05, 0) is 39.3 Å². The predicted molar refractivity (Wildman–Crippen MR) is 102 cm³/mol. The van der Waals surface area contributed by atoms with E-state index < -0.39 is 0 Å². The Kier molecular flexibility index (Phi) is 7.75. The summed E-state index contributed by atoms with van der Waals surface area (Å²) in [6.45, 7) is 10.4. The van der Waals surface area contributed by atoms with Crippen LogP contribution in [0.2, 0.25) is 0 Å². The van der Waals surface area contributed by atoms with Crippen LogP contribution in [0.25, 0.3) is 0 Å². The van der Waals surface area contributed by atoms with Crippen LogP contribution in [0.4, 0.5) is 4.79 Å². The molecule has 0 radical (unpaired) electrons. The summed E-state index contributed by atoms with van der Waals surface area (Å²) < 4.78 is 5.67. The van der Waals surface area contributed by atoms with Gasteiger partial charge in [0.25, 0.3) is 0 Å². The zero-order valence-electron chi connectivity index (χ0n) is 16.2. The van der Waals surface area contributed by atoms with Gasteiger partial charge in [-0.1, -0.05) is 17.7 Å². The van der Waals surface area contributed by atoms with Crippen LogP contribution in [0, 0.1) is 6.92 Å². The van der Waals surface area contributed by atoms with E-state index in [1.165, 1.54) is 5.56 Å². The predicted octanol–water partition coefficient (Wildman–Crippen LogP) is 2.76. The van der Waals surface area contributed by atoms with E-state index in [-0.39, 0.29) is 11.9 Å². The van der Waals surface area contributed by atoms with Crippen LogP contribution in [-0.2, 0) is 4.79 Å². The molecule has 0 aromatic heterocycles. The molecular formula is C20H31N3O3. The first-order valence-corrected chi connectivity index (χ1v) is 9.56. The number of rotatable bonds is 7. The molecule has 6 nitrogen and oxygen atoms in total. The number of hydrogen-bond donors (Lipinski definition) is 0. The zero-order valence-corrected chi connectivity index (χ0v) is 16.2. The van der Waals surface area contributed by atoms with Gasteiger partial charge in [0.15, 0.2) is 0 Å². The Hall–Kier alpha value is -2.24. The number of hydrogen-bond acceptors (Lipinski definition) is 3. The lowest BCUT2D eigenvalue weighted by molar-refractivity contribution is -0.132. The quantitative estimate of drug-likeness (QED) is 0.702. The fraction of sp³-hybridized carbons (Fsp3) is 0.600. The van der Waals surface area contributed by atoms with Crippen LogP contribution >= 0.6 is 0 Å². The minimum Gasteiger partial charge on any atom is -0.494 e. The second-order valence-electron chi connectivity index (χ2n) is 6.59. The molecule has 1 aromatic rings. The normalized spacial score (nSPS) is 14.3. The number of piperazine rings is 1. The first-order valence-electron chi connectivity index (χ1n) is 9.56. The third-order valence-electron chi connectivity index (χ3n) is 4.76. The van der Waals surface area contributed by atoms with Crippen molar-refractivity contribution in [2.75, 3.05) is 45.9 Å². The molecule has 1 aliphatic heterocycles. The molecule has 6 heteroatoms. The van der Waals surface area contributed by atoms with Crippen LogP contribution < -0.4 is 4.74 Å². The smallest absolute Gasteiger partial charge is 0.320 e. The molecule has 0 saturated carbocycles. The van der Waals surface area contributed by atoms with Crippen molar-refractivity contribution in [2.45, 2.75) is 33.6 Å². The maximum atomic E-state index is 12.3. The van der Waals surface area contributed by atoms with Crippen molar-refractivity contribution in [3.8, 4) is 5.75 Å². The summed E-state index contributed by atoms with van der Waals surface area (Å²) in [4.78, 5) is 30.2. The summed E-state index contributed by atoms with van der Waals surface area (Å²) in [5.41, 5.74) is 1.20. The lowest BCUT2D eigenvalue weighted by Gasteiger charge is -2.37. The Bertz CT molecular complexity index is 576. The Morgan fingerprint density at radius 2 is 1.58 bits per heavy atom. The van der Waals surface area contributed by atoms with Crippen molar-refractivity contribution >= 4 is 11.9 Å². The largest absolute Gasteiger partial charge is 0.494 e. The van der Waals surface area contributed by atoms with E-state index in [0.29, 0.717) is 45.6 Å². The maximum Gasteiger partial charge on any atom is 0.320 e. The Balaban J connectivity index is 1.66. The van der Waals surface area contributed by atoms with Crippen molar-refractivity contribution < 1.29 is 14.3 Å². The number of amides is 3. The van der Waals surface area contributed by atoms with E-state index in [0.717, 1.165) is 18.8 Å². The van der Waals surface area contributed by atoms with Crippen molar-refractivity contribution in [3.05, 3.63) is 29.8 Å². The van der Waals surface area contributed by atoms with Gasteiger partial charge in [0.1, 0.15) is 5.75 Å². The highest BCUT2D eigenvalue weighted by molar-refractivity contribution is 5.77. The molecule has 0 bridgehead atoms. The number of urea groups is 1. The van der Waals surface area contributed by atoms with Crippen molar-refractivity contribution in [1.29, 1.82) is 0 Å². The van der Waals surface area contributed by atoms with E-state index >= 15 is 0 Å². The molecule has 144 valence electrons. The molecule has 0 atom stereocenters. The SMILES string of the molecule is CCN(CC)C(=O)N1CCN(C(=O)CCCOc2ccc(C)cc2)CC1. The van der Waals surface area contributed by atoms with Crippen LogP contribution in [0.5, 0.6) is 5.75 Å². The van der Waals surface area contributed by atoms with E-state index in [2.05, 4.69) is 0 Å². The third kappa shape index (κ3) is 5.64. The molecule has 1 aliphatic rings. The molecule has 1 saturated heterocycles. The summed E-state index contributed by atoms with van der Waals surface area (Å²) in [6, 6.07) is 8.00. The minimum absolute atomic E-state index is 0.0774. The standard InChI is InChI=1S/C20H31N3O3/c1-4-21(5-2)20(25)23-14-12-22(13-15-23)19(24)7-6-16-26-18-10-8-17(3)9-11-18/h8-11H,4-7,12-16H2,1-3H3. The highest BCUT2D eigenvalue weighted by Crippen LogP contribution is 2.12. The third-order valence-corrected chi connectivity index (χ3v) is 4.76. The molecule has 1 aromatic carbocycles. The van der Waals surface area contributed by atoms with Crippen molar-refractivity contribution in [2.24, 2.45) is 0 Å². The molecule has 1 heterocycles. The second-order valence-corrected chi connectivity index (χ2v) is 6.59. The zero-order chi connectivity index (χ0) is 18.9. The van der Waals surface area contributed by atoms with Crippen LogP contribution in [0.3, 0.4) is 0 Å². The number of nitrogens with zero attached hydrogens (tertiary/aromatic N) is 3. The molecule has 2 rings (SSSR count). The van der Waals surface area contributed by atoms with Gasteiger partial charge in [-0.3, -0.25) is 4.79 Å². The number of carbonyl (C=O) groups is 2. The monoisotopic (exact) mass is 361 g/mol. The summed E-state index contributed by atoms with van der Waals surface area (Å²) in [6.07, 6.45) is 1.18. The van der Waals surface area contributed by atoms with E-state index in [9.17, 15) is 9.59 Å². The lowest BCUT2D eigenvalue weighted by Crippen LogP contribution is -2.54. The molecule has 1 fully saturated rings. The average molecular weight is 361 g/mol. The van der Waals surface area contributed by atoms with Gasteiger partial charge in [-0.2, -0.15) is 0 Å². The highest BCUT2D eigenvalue weighted by atomic mass is 16.5. The Labute approximate surface area is 156 Å². The Morgan fingerprint density at radius 3 is 2.15 bits per heavy atom. The average Bonchev–Trinajstić information content (AvgIpc) is 2.67. The van der Waals surface area contributed by atoms with Gasteiger partial charge in [-0.25, -0.2) is 4.79 Å². The maximum absolute atomic E-state index is 12.3. The van der Waals surface area contributed by atoms with Gasteiger partial charge in [0.05, 0.1) is 6.61 Å². The molecule has 0 unspecified atom stereocenters. The molecule has 0 N–H and O–H groups in total. The van der Waals surface area contributed by atoms with Crippen LogP contribution in [0.15, 0.2) is 24.3 Å². The van der Waals surface area contributed by atoms with Gasteiger partial charge >= 0.3 is 6.03 Å². The fourth-order valence-electron chi connectivity index (χ4n) is 3.05. The fourth-order valence-corrected chi connectivity index (χ4v) is 3.05. The number of carbonyl (C=O) groups excluding carboxylic acids is 2. The summed E-state index contributed by atoms with van der Waals surface area (Å²) >= 11 is 0. The summed E-state index contributed by atoms with van der Waals surface area (Å²) in [7, 11) is 0. The van der Waals surface area contributed by atoms with Gasteiger partial charge < -0.3 is 19.4 Å². The topological polar surface area (TPSA) is 53.1 Å². The molecule has 0 spiro atoms. The molecule has 3 amide bonds. The van der Waals surface area contributed by atoms with Crippen molar-refractivity contribution in [3.63, 3.8) is 0 Å². The first-order chi connectivity index (χ1) is 12.5. The summed E-state index contributed by atoms with van der Waals surface area (Å²) in [5, 5.41) is 0. The summed E-state index contributed by atoms with van der Waals surface area (Å²) in [5.74, 6) is 0.985. The van der Waals surface area contributed by atoms with Crippen molar-refractivity contribution in [1.82, 2.24) is 14.7 Å². The lowest BCUT2D eigenvalue weighted by atomic mass is 10.2. The minimum atomic E-state index is 0.0774. The van der Waals surface area contributed by atoms with E-state index in [1.807, 2.05) is 59.7 Å². The van der Waals surface area contributed by atoms with Crippen LogP contribution in [-0.4, -0.2) is 72.5 Å². The number of benzene rings is 1. The second kappa shape index (κ2) is 10.0. The van der Waals surface area contributed by atoms with E-state index in [1.54, 1.807) is 0 Å². The van der Waals surface area contributed by atoms with Gasteiger partial charge in [0, 0.05) is 45.7 Å². The van der Waals surface area contributed by atoms with Gasteiger partial charge in [0.2, 0.25) is 5.91 Å². The molecular weight excluding hydrogens is 330 g/mol.